The lowest BCUT2D eigenvalue weighted by molar-refractivity contribution is 0.0817. The Kier molecular flexibility index (Phi) is 8.62. The van der Waals surface area contributed by atoms with E-state index in [0.717, 1.165) is 26.0 Å². The fourth-order valence-corrected chi connectivity index (χ4v) is 4.66. The van der Waals surface area contributed by atoms with Crippen LogP contribution in [-0.2, 0) is 0 Å². The van der Waals surface area contributed by atoms with E-state index in [-0.39, 0.29) is 0 Å². The number of fused-ring (bicyclic) bond motifs is 3. The van der Waals surface area contributed by atoms with Crippen LogP contribution in [0.4, 0.5) is 0 Å². The fraction of sp³-hybridized carbons (Fsp3) is 0. The van der Waals surface area contributed by atoms with Gasteiger partial charge in [-0.1, -0.05) is 119 Å². The second-order valence-electron chi connectivity index (χ2n) is 9.03. The van der Waals surface area contributed by atoms with Crippen molar-refractivity contribution < 1.29 is 18.4 Å². The van der Waals surface area contributed by atoms with Crippen molar-refractivity contribution >= 4 is 59.8 Å². The van der Waals surface area contributed by atoms with E-state index in [1.165, 1.54) is 23.3 Å². The van der Waals surface area contributed by atoms with Crippen molar-refractivity contribution in [2.24, 2.45) is 0 Å². The summed E-state index contributed by atoms with van der Waals surface area (Å²) in [4.78, 5) is 34.9. The van der Waals surface area contributed by atoms with Crippen LogP contribution in [0.15, 0.2) is 158 Å². The second-order valence-corrected chi connectivity index (χ2v) is 9.95. The molecule has 0 N–H and O–H groups in total. The molecule has 6 heteroatoms. The third kappa shape index (κ3) is 6.93. The van der Waals surface area contributed by atoms with E-state index in [9.17, 15) is 14.4 Å². The molecule has 0 atom stereocenters. The first-order chi connectivity index (χ1) is 20.0. The van der Waals surface area contributed by atoms with Crippen molar-refractivity contribution in [3.63, 3.8) is 0 Å². The molecule has 0 radical (unpaired) electrons. The summed E-state index contributed by atoms with van der Waals surface area (Å²) in [6, 6.07) is 40.9. The Hall–Kier alpha value is -5.07. The molecule has 5 nitrogen and oxygen atoms in total. The van der Waals surface area contributed by atoms with Gasteiger partial charge in [-0.25, -0.2) is 4.79 Å². The van der Waals surface area contributed by atoms with E-state index in [2.05, 4.69) is 67.2 Å². The van der Waals surface area contributed by atoms with Gasteiger partial charge in [0.05, 0.1) is 0 Å². The van der Waals surface area contributed by atoms with Crippen molar-refractivity contribution in [1.82, 2.24) is 0 Å². The number of hydrogen-bond donors (Lipinski definition) is 0. The minimum Gasteiger partial charge on any atom is -0.399 e. The Bertz CT molecular complexity index is 1930. The number of benzene rings is 6. The molecule has 0 amide bonds. The first-order valence-electron chi connectivity index (χ1n) is 12.7. The number of hydrogen-bond acceptors (Lipinski definition) is 5. The zero-order valence-electron chi connectivity index (χ0n) is 21.7. The summed E-state index contributed by atoms with van der Waals surface area (Å²) in [7, 11) is 0. The van der Waals surface area contributed by atoms with Crippen LogP contribution in [0, 0.1) is 0 Å². The zero-order valence-corrected chi connectivity index (χ0v) is 23.3. The number of carbonyl (C=O) groups is 2. The monoisotopic (exact) mass is 602 g/mol. The molecular weight excluding hydrogens is 580 g/mol. The third-order valence-corrected chi connectivity index (χ3v) is 6.82. The smallest absolute Gasteiger partial charge is 0.399 e. The summed E-state index contributed by atoms with van der Waals surface area (Å²) >= 11 is 3.43. The maximum absolute atomic E-state index is 12.6. The molecule has 1 aromatic heterocycles. The first kappa shape index (κ1) is 27.5. The van der Waals surface area contributed by atoms with Crippen molar-refractivity contribution in [1.29, 1.82) is 0 Å². The Morgan fingerprint density at radius 2 is 0.829 bits per heavy atom. The van der Waals surface area contributed by atoms with Gasteiger partial charge in [-0.05, 0) is 56.6 Å². The molecule has 7 aromatic rings. The summed E-state index contributed by atoms with van der Waals surface area (Å²) < 4.78 is 9.36. The average Bonchev–Trinajstić information content (AvgIpc) is 3.51. The van der Waals surface area contributed by atoms with Gasteiger partial charge in [-0.3, -0.25) is 9.59 Å². The highest BCUT2D eigenvalue weighted by Gasteiger charge is 2.18. The molecule has 1 heterocycles. The van der Waals surface area contributed by atoms with E-state index >= 15 is 0 Å². The average molecular weight is 603 g/mol. The van der Waals surface area contributed by atoms with E-state index in [1.54, 1.807) is 24.3 Å². The Morgan fingerprint density at radius 1 is 0.463 bits per heavy atom. The molecule has 0 saturated heterocycles. The number of halogens is 1. The lowest BCUT2D eigenvalue weighted by Gasteiger charge is -2.04. The minimum atomic E-state index is -0.657. The molecule has 6 aromatic carbocycles. The largest absolute Gasteiger partial charge is 0.518 e. The predicted molar refractivity (Wildman–Crippen MR) is 165 cm³/mol. The first-order valence-corrected chi connectivity index (χ1v) is 13.5. The number of carbonyl (C=O) groups excluding carboxylic acids is 2. The van der Waals surface area contributed by atoms with E-state index < -0.39 is 17.4 Å². The fourth-order valence-electron chi connectivity index (χ4n) is 4.28. The van der Waals surface area contributed by atoms with Gasteiger partial charge in [0.25, 0.3) is 0 Å². The summed E-state index contributed by atoms with van der Waals surface area (Å²) in [6.07, 6.45) is 2.37. The third-order valence-electron chi connectivity index (χ3n) is 6.33. The molecule has 41 heavy (non-hydrogen) atoms. The van der Waals surface area contributed by atoms with Gasteiger partial charge in [0, 0.05) is 15.6 Å². The van der Waals surface area contributed by atoms with Gasteiger partial charge >= 0.3 is 5.82 Å². The highest BCUT2D eigenvalue weighted by atomic mass is 79.9. The van der Waals surface area contributed by atoms with Crippen LogP contribution >= 0.6 is 15.9 Å². The summed E-state index contributed by atoms with van der Waals surface area (Å²) in [5.41, 5.74) is 0.846. The maximum atomic E-state index is 12.6. The molecule has 0 saturated carbocycles. The van der Waals surface area contributed by atoms with Crippen LogP contribution in [0.3, 0.4) is 0 Å². The van der Waals surface area contributed by atoms with Crippen molar-refractivity contribution in [3.05, 3.63) is 166 Å². The van der Waals surface area contributed by atoms with E-state index in [0.29, 0.717) is 11.1 Å². The molecule has 0 aliphatic carbocycles. The van der Waals surface area contributed by atoms with Gasteiger partial charge in [-0.15, -0.1) is 0 Å². The SMILES string of the molecule is Brc1ccc2ccccc2c1.O=C(C(=O)c1ccc2ccccc2c1)c1ccc2ccccc2c1.O=c1occo1. The van der Waals surface area contributed by atoms with Gasteiger partial charge in [-0.2, -0.15) is 0 Å². The van der Waals surface area contributed by atoms with Crippen LogP contribution in [0.5, 0.6) is 0 Å². The van der Waals surface area contributed by atoms with E-state index in [4.69, 9.17) is 0 Å². The van der Waals surface area contributed by atoms with Crippen molar-refractivity contribution in [3.8, 4) is 0 Å². The van der Waals surface area contributed by atoms with Gasteiger partial charge in [0.1, 0.15) is 12.5 Å². The van der Waals surface area contributed by atoms with Crippen molar-refractivity contribution in [2.75, 3.05) is 0 Å². The second kappa shape index (κ2) is 12.9. The topological polar surface area (TPSA) is 77.5 Å². The number of ketones is 2. The zero-order chi connectivity index (χ0) is 28.6. The minimum absolute atomic E-state index is 0.423. The lowest BCUT2D eigenvalue weighted by Crippen LogP contribution is -2.14. The Morgan fingerprint density at radius 3 is 1.22 bits per heavy atom. The molecule has 7 rings (SSSR count). The molecule has 0 bridgehead atoms. The van der Waals surface area contributed by atoms with Crippen LogP contribution < -0.4 is 5.82 Å². The van der Waals surface area contributed by atoms with Gasteiger partial charge in [0.15, 0.2) is 0 Å². The summed E-state index contributed by atoms with van der Waals surface area (Å²) in [6.45, 7) is 0. The van der Waals surface area contributed by atoms with Crippen LogP contribution in [0.1, 0.15) is 20.7 Å². The van der Waals surface area contributed by atoms with Gasteiger partial charge < -0.3 is 8.83 Å². The quantitative estimate of drug-likeness (QED) is 0.149. The molecule has 0 aliphatic rings. The highest BCUT2D eigenvalue weighted by Crippen LogP contribution is 2.20. The number of Topliss-reactive ketones (excluding diaryl/α,β-unsaturated/α-hetero) is 2. The molecule has 0 fully saturated rings. The Balaban J connectivity index is 0.000000162. The van der Waals surface area contributed by atoms with E-state index in [1.807, 2.05) is 60.7 Å². The standard InChI is InChI=1S/C22H14O2.C10H7Br.C3H2O3/c23-21(19-11-9-15-5-1-3-7-17(15)13-19)22(24)20-12-10-16-6-2-4-8-18(16)14-20;11-10-6-5-8-3-1-2-4-9(8)7-10;4-3-5-1-2-6-3/h1-14H;1-7H;1-2H. The summed E-state index contributed by atoms with van der Waals surface area (Å²) in [5.74, 6) is -1.61. The molecule has 0 unspecified atom stereocenters. The van der Waals surface area contributed by atoms with Crippen LogP contribution in [-0.4, -0.2) is 11.6 Å². The maximum Gasteiger partial charge on any atom is 0.518 e. The Labute approximate surface area is 243 Å². The normalized spacial score (nSPS) is 10.4. The number of rotatable bonds is 3. The van der Waals surface area contributed by atoms with Gasteiger partial charge in [0.2, 0.25) is 11.6 Å². The molecular formula is C35H23BrO5. The van der Waals surface area contributed by atoms with Crippen LogP contribution in [0.2, 0.25) is 0 Å². The summed E-state index contributed by atoms with van der Waals surface area (Å²) in [5, 5.41) is 6.57. The highest BCUT2D eigenvalue weighted by molar-refractivity contribution is 9.10. The molecule has 0 spiro atoms. The lowest BCUT2D eigenvalue weighted by atomic mass is 9.97. The molecule has 0 aliphatic heterocycles. The molecule has 200 valence electrons. The van der Waals surface area contributed by atoms with Crippen LogP contribution in [0.25, 0.3) is 32.3 Å². The van der Waals surface area contributed by atoms with Crippen molar-refractivity contribution in [2.45, 2.75) is 0 Å². The predicted octanol–water partition coefficient (Wildman–Crippen LogP) is 8.89.